The van der Waals surface area contributed by atoms with Gasteiger partial charge in [0.2, 0.25) is 0 Å². The molecule has 3 aromatic rings. The molecule has 5 rings (SSSR count). The molecule has 5 heteroatoms. The number of nitrogens with zero attached hydrogens (tertiary/aromatic N) is 2. The third-order valence-electron chi connectivity index (χ3n) is 5.08. The van der Waals surface area contributed by atoms with Crippen LogP contribution >= 0.6 is 27.5 Å². The molecule has 0 bridgehead atoms. The molecule has 0 N–H and O–H groups in total. The minimum Gasteiger partial charge on any atom is -0.492 e. The van der Waals surface area contributed by atoms with Crippen LogP contribution in [0.15, 0.2) is 82.4 Å². The van der Waals surface area contributed by atoms with Gasteiger partial charge in [-0.15, -0.1) is 0 Å². The van der Waals surface area contributed by atoms with E-state index in [1.807, 2.05) is 54.6 Å². The molecule has 0 saturated heterocycles. The fourth-order valence-corrected chi connectivity index (χ4v) is 4.35. The number of ether oxygens (including phenoxy) is 1. The smallest absolute Gasteiger partial charge is 0.124 e. The Labute approximate surface area is 171 Å². The fourth-order valence-electron chi connectivity index (χ4n) is 3.84. The lowest BCUT2D eigenvalue weighted by Gasteiger charge is -2.33. The Balaban J connectivity index is 1.66. The quantitative estimate of drug-likeness (QED) is 0.483. The number of hydrogen-bond donors (Lipinski definition) is 0. The van der Waals surface area contributed by atoms with Gasteiger partial charge in [0.25, 0.3) is 0 Å². The summed E-state index contributed by atoms with van der Waals surface area (Å²) in [4.78, 5) is 0. The third-order valence-corrected chi connectivity index (χ3v) is 5.83. The minimum atomic E-state index is 0.0966. The molecule has 2 aliphatic heterocycles. The monoisotopic (exact) mass is 438 g/mol. The van der Waals surface area contributed by atoms with Crippen LogP contribution in [0, 0.1) is 5.92 Å². The molecule has 0 spiro atoms. The van der Waals surface area contributed by atoms with E-state index >= 15 is 0 Å². The van der Waals surface area contributed by atoms with Gasteiger partial charge in [0.1, 0.15) is 5.75 Å². The van der Waals surface area contributed by atoms with E-state index in [9.17, 15) is 0 Å². The molecule has 0 aliphatic carbocycles. The topological polar surface area (TPSA) is 24.8 Å². The summed E-state index contributed by atoms with van der Waals surface area (Å²) < 4.78 is 7.14. The largest absolute Gasteiger partial charge is 0.492 e. The fraction of sp³-hybridized carbons (Fsp3) is 0.136. The van der Waals surface area contributed by atoms with Crippen molar-refractivity contribution in [2.45, 2.75) is 6.04 Å². The highest BCUT2D eigenvalue weighted by atomic mass is 79.9. The van der Waals surface area contributed by atoms with E-state index in [1.54, 1.807) is 0 Å². The zero-order valence-electron chi connectivity index (χ0n) is 14.3. The molecule has 2 aliphatic rings. The number of rotatable bonds is 2. The van der Waals surface area contributed by atoms with E-state index in [0.717, 1.165) is 37.8 Å². The second-order valence-electron chi connectivity index (χ2n) is 6.72. The highest BCUT2D eigenvalue weighted by Gasteiger charge is 2.44. The predicted octanol–water partition coefficient (Wildman–Crippen LogP) is 6.08. The molecule has 2 atom stereocenters. The average molecular weight is 440 g/mol. The first kappa shape index (κ1) is 16.8. The minimum absolute atomic E-state index is 0.0966. The van der Waals surface area contributed by atoms with E-state index < -0.39 is 0 Å². The molecule has 0 aromatic heterocycles. The molecule has 0 radical (unpaired) electrons. The molecule has 134 valence electrons. The van der Waals surface area contributed by atoms with Crippen molar-refractivity contribution < 1.29 is 4.74 Å². The maximum Gasteiger partial charge on any atom is 0.124 e. The number of hydrazone groups is 1. The van der Waals surface area contributed by atoms with E-state index in [2.05, 4.69) is 39.1 Å². The van der Waals surface area contributed by atoms with Gasteiger partial charge in [-0.25, -0.2) is 0 Å². The predicted molar refractivity (Wildman–Crippen MR) is 113 cm³/mol. The first-order chi connectivity index (χ1) is 13.2. The SMILES string of the molecule is Clc1ccc(C2=NN(c3ccccc3)C3c4cc(Br)ccc4OCC23)cc1. The van der Waals surface area contributed by atoms with Crippen molar-refractivity contribution in [3.8, 4) is 5.75 Å². The maximum absolute atomic E-state index is 6.10. The van der Waals surface area contributed by atoms with Crippen molar-refractivity contribution in [1.82, 2.24) is 0 Å². The highest BCUT2D eigenvalue weighted by molar-refractivity contribution is 9.10. The van der Waals surface area contributed by atoms with E-state index in [0.29, 0.717) is 6.61 Å². The van der Waals surface area contributed by atoms with Gasteiger partial charge in [0.05, 0.1) is 30.0 Å². The summed E-state index contributed by atoms with van der Waals surface area (Å²) in [7, 11) is 0. The first-order valence-electron chi connectivity index (χ1n) is 8.82. The van der Waals surface area contributed by atoms with Crippen molar-refractivity contribution in [1.29, 1.82) is 0 Å². The Kier molecular flexibility index (Phi) is 4.18. The van der Waals surface area contributed by atoms with Crippen molar-refractivity contribution in [2.24, 2.45) is 11.0 Å². The molecule has 27 heavy (non-hydrogen) atoms. The number of para-hydroxylation sites is 1. The number of hydrogen-bond acceptors (Lipinski definition) is 3. The molecule has 0 saturated carbocycles. The highest BCUT2D eigenvalue weighted by Crippen LogP contribution is 2.47. The normalized spacial score (nSPS) is 20.5. The van der Waals surface area contributed by atoms with Gasteiger partial charge < -0.3 is 4.74 Å². The summed E-state index contributed by atoms with van der Waals surface area (Å²) in [6, 6.07) is 24.5. The van der Waals surface area contributed by atoms with Gasteiger partial charge in [-0.1, -0.05) is 57.9 Å². The van der Waals surface area contributed by atoms with Crippen LogP contribution < -0.4 is 9.75 Å². The van der Waals surface area contributed by atoms with Gasteiger partial charge in [0.15, 0.2) is 0 Å². The van der Waals surface area contributed by atoms with Gasteiger partial charge in [-0.05, 0) is 48.0 Å². The van der Waals surface area contributed by atoms with Crippen LogP contribution in [-0.2, 0) is 0 Å². The van der Waals surface area contributed by atoms with Crippen LogP contribution in [-0.4, -0.2) is 12.3 Å². The van der Waals surface area contributed by atoms with E-state index in [-0.39, 0.29) is 12.0 Å². The molecular weight excluding hydrogens is 424 g/mol. The number of benzene rings is 3. The summed E-state index contributed by atoms with van der Waals surface area (Å²) in [6.07, 6.45) is 0. The zero-order chi connectivity index (χ0) is 18.4. The van der Waals surface area contributed by atoms with Crippen LogP contribution in [0.5, 0.6) is 5.75 Å². The van der Waals surface area contributed by atoms with Crippen molar-refractivity contribution >= 4 is 38.9 Å². The van der Waals surface area contributed by atoms with Crippen LogP contribution in [0.25, 0.3) is 0 Å². The lowest BCUT2D eigenvalue weighted by Crippen LogP contribution is -2.34. The van der Waals surface area contributed by atoms with Crippen LogP contribution in [0.4, 0.5) is 5.69 Å². The second kappa shape index (κ2) is 6.70. The number of anilines is 1. The standard InChI is InChI=1S/C22H16BrClN2O/c23-15-8-11-20-18(12-15)22-19(13-27-20)21(14-6-9-16(24)10-7-14)25-26(22)17-4-2-1-3-5-17/h1-12,19,22H,13H2. The third kappa shape index (κ3) is 2.93. The molecular formula is C22H16BrClN2O. The molecule has 3 aromatic carbocycles. The zero-order valence-corrected chi connectivity index (χ0v) is 16.7. The molecule has 2 heterocycles. The number of halogens is 2. The van der Waals surface area contributed by atoms with Crippen molar-refractivity contribution in [3.05, 3.63) is 93.4 Å². The Morgan fingerprint density at radius 1 is 1.00 bits per heavy atom. The lowest BCUT2D eigenvalue weighted by molar-refractivity contribution is 0.239. The first-order valence-corrected chi connectivity index (χ1v) is 9.99. The van der Waals surface area contributed by atoms with Gasteiger partial charge >= 0.3 is 0 Å². The summed E-state index contributed by atoms with van der Waals surface area (Å²) in [6.45, 7) is 0.601. The van der Waals surface area contributed by atoms with Gasteiger partial charge in [-0.2, -0.15) is 5.10 Å². The summed E-state index contributed by atoms with van der Waals surface area (Å²) in [5, 5.41) is 7.90. The van der Waals surface area contributed by atoms with Crippen LogP contribution in [0.3, 0.4) is 0 Å². The van der Waals surface area contributed by atoms with Crippen molar-refractivity contribution in [2.75, 3.05) is 11.6 Å². The second-order valence-corrected chi connectivity index (χ2v) is 8.07. The van der Waals surface area contributed by atoms with Crippen molar-refractivity contribution in [3.63, 3.8) is 0 Å². The van der Waals surface area contributed by atoms with Gasteiger partial charge in [-0.3, -0.25) is 5.01 Å². The summed E-state index contributed by atoms with van der Waals surface area (Å²) in [5.74, 6) is 1.07. The Morgan fingerprint density at radius 2 is 1.78 bits per heavy atom. The summed E-state index contributed by atoms with van der Waals surface area (Å²) >= 11 is 9.69. The molecule has 0 amide bonds. The number of fused-ring (bicyclic) bond motifs is 3. The van der Waals surface area contributed by atoms with Crippen LogP contribution in [0.1, 0.15) is 17.2 Å². The lowest BCUT2D eigenvalue weighted by atomic mass is 9.85. The van der Waals surface area contributed by atoms with Crippen LogP contribution in [0.2, 0.25) is 5.02 Å². The Bertz CT molecular complexity index is 1020. The van der Waals surface area contributed by atoms with E-state index in [4.69, 9.17) is 21.4 Å². The molecule has 3 nitrogen and oxygen atoms in total. The molecule has 2 unspecified atom stereocenters. The molecule has 0 fully saturated rings. The Morgan fingerprint density at radius 3 is 2.56 bits per heavy atom. The average Bonchev–Trinajstić information content (AvgIpc) is 3.09. The Hall–Kier alpha value is -2.30. The summed E-state index contributed by atoms with van der Waals surface area (Å²) in [5.41, 5.74) is 4.34. The van der Waals surface area contributed by atoms with Gasteiger partial charge in [0, 0.05) is 15.1 Å². The van der Waals surface area contributed by atoms with E-state index in [1.165, 1.54) is 0 Å². The maximum atomic E-state index is 6.10.